The topological polar surface area (TPSA) is 80.6 Å². The Kier molecular flexibility index (Phi) is 5.71. The number of carbonyl (C=O) groups is 3. The number of nitrogens with one attached hydrogen (secondary N) is 1. The zero-order chi connectivity index (χ0) is 23.0. The van der Waals surface area contributed by atoms with Gasteiger partial charge in [0, 0.05) is 21.5 Å². The number of rotatable bonds is 4. The number of urea groups is 1. The average Bonchev–Trinajstić information content (AvgIpc) is 3.05. The van der Waals surface area contributed by atoms with Crippen LogP contribution in [0.15, 0.2) is 64.6 Å². The third-order valence-electron chi connectivity index (χ3n) is 5.29. The molecule has 3 aromatic rings. The van der Waals surface area contributed by atoms with Crippen molar-refractivity contribution in [2.75, 3.05) is 12.0 Å². The van der Waals surface area contributed by atoms with Crippen molar-refractivity contribution < 1.29 is 19.1 Å². The highest BCUT2D eigenvalue weighted by molar-refractivity contribution is 9.10. The number of halogens is 1. The van der Waals surface area contributed by atoms with Gasteiger partial charge in [0.15, 0.2) is 0 Å². The molecule has 4 rings (SSSR count). The summed E-state index contributed by atoms with van der Waals surface area (Å²) in [4.78, 5) is 39.0. The number of amides is 4. The first-order chi connectivity index (χ1) is 15.3. The Balaban J connectivity index is 1.73. The number of ether oxygens (including phenoxy) is 1. The summed E-state index contributed by atoms with van der Waals surface area (Å²) in [6, 6.07) is 15.4. The fourth-order valence-electron chi connectivity index (χ4n) is 3.70. The van der Waals surface area contributed by atoms with Crippen LogP contribution >= 0.6 is 15.9 Å². The molecule has 1 aliphatic rings. The van der Waals surface area contributed by atoms with Crippen molar-refractivity contribution in [2.24, 2.45) is 0 Å². The fraction of sp³-hybridized carbons (Fsp3) is 0.125. The van der Waals surface area contributed by atoms with Gasteiger partial charge < -0.3 is 9.30 Å². The normalized spacial score (nSPS) is 15.3. The zero-order valence-electron chi connectivity index (χ0n) is 17.7. The second-order valence-electron chi connectivity index (χ2n) is 7.29. The first-order valence-electron chi connectivity index (χ1n) is 9.80. The summed E-state index contributed by atoms with van der Waals surface area (Å²) in [5, 5.41) is 2.25. The van der Waals surface area contributed by atoms with E-state index in [1.54, 1.807) is 31.4 Å². The molecule has 4 amide bonds. The number of aryl methyl sites for hydroxylation is 1. The third-order valence-corrected chi connectivity index (χ3v) is 5.82. The highest BCUT2D eigenvalue weighted by atomic mass is 79.9. The molecule has 0 unspecified atom stereocenters. The van der Waals surface area contributed by atoms with Crippen molar-refractivity contribution in [3.05, 3.63) is 81.6 Å². The summed E-state index contributed by atoms with van der Waals surface area (Å²) < 4.78 is 8.05. The molecule has 0 radical (unpaired) electrons. The van der Waals surface area contributed by atoms with Crippen LogP contribution in [0, 0.1) is 13.8 Å². The maximum absolute atomic E-state index is 13.1. The molecule has 0 aliphatic carbocycles. The van der Waals surface area contributed by atoms with Crippen molar-refractivity contribution >= 4 is 45.5 Å². The number of nitrogens with zero attached hydrogens (tertiary/aromatic N) is 2. The lowest BCUT2D eigenvalue weighted by Crippen LogP contribution is -2.54. The summed E-state index contributed by atoms with van der Waals surface area (Å²) in [6.07, 6.45) is 1.53. The lowest BCUT2D eigenvalue weighted by atomic mass is 10.1. The Morgan fingerprint density at radius 2 is 1.56 bits per heavy atom. The van der Waals surface area contributed by atoms with E-state index < -0.39 is 17.8 Å². The number of barbiturate groups is 1. The zero-order valence-corrected chi connectivity index (χ0v) is 19.3. The lowest BCUT2D eigenvalue weighted by molar-refractivity contribution is -0.122. The first kappa shape index (κ1) is 21.6. The van der Waals surface area contributed by atoms with Gasteiger partial charge in [-0.3, -0.25) is 14.9 Å². The molecule has 7 nitrogen and oxygen atoms in total. The lowest BCUT2D eigenvalue weighted by Gasteiger charge is -2.26. The van der Waals surface area contributed by atoms with E-state index in [0.717, 1.165) is 32.2 Å². The van der Waals surface area contributed by atoms with E-state index in [-0.39, 0.29) is 5.57 Å². The van der Waals surface area contributed by atoms with Crippen LogP contribution in [0.2, 0.25) is 0 Å². The number of aromatic nitrogens is 1. The molecular formula is C24H20BrN3O4. The molecule has 2 aromatic carbocycles. The Hall–Kier alpha value is -3.65. The molecule has 1 saturated heterocycles. The number of carbonyl (C=O) groups excluding carboxylic acids is 3. The Labute approximate surface area is 193 Å². The summed E-state index contributed by atoms with van der Waals surface area (Å²) >= 11 is 3.33. The van der Waals surface area contributed by atoms with Crippen molar-refractivity contribution in [3.63, 3.8) is 0 Å². The van der Waals surface area contributed by atoms with Crippen LogP contribution in [0.3, 0.4) is 0 Å². The first-order valence-corrected chi connectivity index (χ1v) is 10.6. The van der Waals surface area contributed by atoms with Crippen LogP contribution in [0.25, 0.3) is 11.8 Å². The van der Waals surface area contributed by atoms with Gasteiger partial charge in [0.2, 0.25) is 0 Å². The molecule has 1 fully saturated rings. The van der Waals surface area contributed by atoms with E-state index in [1.807, 2.05) is 48.7 Å². The molecule has 1 aliphatic heterocycles. The van der Waals surface area contributed by atoms with Gasteiger partial charge >= 0.3 is 6.03 Å². The number of hydrogen-bond donors (Lipinski definition) is 1. The van der Waals surface area contributed by atoms with Crippen LogP contribution in [0.1, 0.15) is 17.0 Å². The smallest absolute Gasteiger partial charge is 0.335 e. The molecule has 1 aromatic heterocycles. The highest BCUT2D eigenvalue weighted by Crippen LogP contribution is 2.27. The molecule has 8 heteroatoms. The van der Waals surface area contributed by atoms with Gasteiger partial charge in [0.05, 0.1) is 12.8 Å². The number of anilines is 1. The monoisotopic (exact) mass is 493 g/mol. The molecule has 0 bridgehead atoms. The number of hydrogen-bond acceptors (Lipinski definition) is 4. The van der Waals surface area contributed by atoms with Gasteiger partial charge in [-0.2, -0.15) is 0 Å². The number of imide groups is 2. The van der Waals surface area contributed by atoms with E-state index in [2.05, 4.69) is 21.2 Å². The van der Waals surface area contributed by atoms with Crippen LogP contribution in [-0.4, -0.2) is 29.5 Å². The Morgan fingerprint density at radius 3 is 2.19 bits per heavy atom. The van der Waals surface area contributed by atoms with Crippen LogP contribution in [0.4, 0.5) is 10.5 Å². The van der Waals surface area contributed by atoms with E-state index in [0.29, 0.717) is 11.3 Å². The van der Waals surface area contributed by atoms with E-state index >= 15 is 0 Å². The average molecular weight is 494 g/mol. The number of methoxy groups -OCH3 is 1. The Morgan fingerprint density at radius 1 is 0.938 bits per heavy atom. The Bertz CT molecular complexity index is 1260. The minimum Gasteiger partial charge on any atom is -0.497 e. The molecule has 1 N–H and O–H groups in total. The third kappa shape index (κ3) is 3.85. The minimum absolute atomic E-state index is 0.109. The van der Waals surface area contributed by atoms with Crippen molar-refractivity contribution in [1.29, 1.82) is 0 Å². The van der Waals surface area contributed by atoms with Gasteiger partial charge in [-0.25, -0.2) is 9.69 Å². The van der Waals surface area contributed by atoms with Crippen molar-refractivity contribution in [3.8, 4) is 11.4 Å². The largest absolute Gasteiger partial charge is 0.497 e. The van der Waals surface area contributed by atoms with Crippen LogP contribution in [-0.2, 0) is 9.59 Å². The van der Waals surface area contributed by atoms with Gasteiger partial charge in [-0.1, -0.05) is 15.9 Å². The maximum Gasteiger partial charge on any atom is 0.335 e. The van der Waals surface area contributed by atoms with Crippen molar-refractivity contribution in [2.45, 2.75) is 13.8 Å². The SMILES string of the molecule is COc1ccc(-n2c(C)cc(/C=C3\C(=O)NC(=O)N(c4ccc(Br)cc4)C3=O)c2C)cc1. The van der Waals surface area contributed by atoms with E-state index in [1.165, 1.54) is 6.08 Å². The summed E-state index contributed by atoms with van der Waals surface area (Å²) in [7, 11) is 1.61. The fourth-order valence-corrected chi connectivity index (χ4v) is 3.96. The van der Waals surface area contributed by atoms with Gasteiger partial charge in [0.1, 0.15) is 11.3 Å². The standard InChI is InChI=1S/C24H20BrN3O4/c1-14-12-16(15(2)27(14)18-8-10-20(32-3)11-9-18)13-21-22(29)26-24(31)28(23(21)30)19-6-4-17(25)5-7-19/h4-13H,1-3H3,(H,26,29,31)/b21-13+. The summed E-state index contributed by atoms with van der Waals surface area (Å²) in [6.45, 7) is 3.85. The second kappa shape index (κ2) is 8.47. The molecule has 2 heterocycles. The number of benzene rings is 2. The predicted octanol–water partition coefficient (Wildman–Crippen LogP) is 4.53. The maximum atomic E-state index is 13.1. The summed E-state index contributed by atoms with van der Waals surface area (Å²) in [5.41, 5.74) is 3.69. The molecule has 0 spiro atoms. The van der Waals surface area contributed by atoms with Crippen molar-refractivity contribution in [1.82, 2.24) is 9.88 Å². The van der Waals surface area contributed by atoms with Crippen LogP contribution in [0.5, 0.6) is 5.75 Å². The minimum atomic E-state index is -0.775. The van der Waals surface area contributed by atoms with Gasteiger partial charge in [-0.05, 0) is 80.1 Å². The predicted molar refractivity (Wildman–Crippen MR) is 125 cm³/mol. The highest BCUT2D eigenvalue weighted by Gasteiger charge is 2.37. The molecule has 0 atom stereocenters. The molecule has 162 valence electrons. The van der Waals surface area contributed by atoms with Gasteiger partial charge in [0.25, 0.3) is 11.8 Å². The molecular weight excluding hydrogens is 474 g/mol. The quantitative estimate of drug-likeness (QED) is 0.427. The molecule has 0 saturated carbocycles. The van der Waals surface area contributed by atoms with E-state index in [4.69, 9.17) is 4.74 Å². The second-order valence-corrected chi connectivity index (χ2v) is 8.21. The van der Waals surface area contributed by atoms with Crippen LogP contribution < -0.4 is 15.0 Å². The summed E-state index contributed by atoms with van der Waals surface area (Å²) in [5.74, 6) is -0.640. The molecule has 32 heavy (non-hydrogen) atoms. The van der Waals surface area contributed by atoms with Gasteiger partial charge in [-0.15, -0.1) is 0 Å². The van der Waals surface area contributed by atoms with E-state index in [9.17, 15) is 14.4 Å².